The summed E-state index contributed by atoms with van der Waals surface area (Å²) in [4.78, 5) is 0. The van der Waals surface area contributed by atoms with Gasteiger partial charge in [0.25, 0.3) is 0 Å². The van der Waals surface area contributed by atoms with E-state index in [9.17, 15) is 0 Å². The lowest BCUT2D eigenvalue weighted by Gasteiger charge is -2.41. The molecule has 0 spiro atoms. The van der Waals surface area contributed by atoms with Gasteiger partial charge in [0.05, 0.1) is 0 Å². The molecule has 0 aromatic heterocycles. The molecule has 0 aromatic carbocycles. The van der Waals surface area contributed by atoms with Crippen LogP contribution in [-0.2, 0) is 0 Å². The van der Waals surface area contributed by atoms with Crippen LogP contribution in [0.2, 0.25) is 0 Å². The highest BCUT2D eigenvalue weighted by Gasteiger charge is 2.32. The van der Waals surface area contributed by atoms with Gasteiger partial charge in [-0.15, -0.1) is 0 Å². The molecule has 1 heteroatoms. The molecule has 0 radical (unpaired) electrons. The van der Waals surface area contributed by atoms with Gasteiger partial charge in [-0.05, 0) is 55.8 Å². The van der Waals surface area contributed by atoms with Gasteiger partial charge >= 0.3 is 0 Å². The van der Waals surface area contributed by atoms with Gasteiger partial charge in [0.15, 0.2) is 0 Å². The molecule has 2 rings (SSSR count). The first-order valence-electron chi connectivity index (χ1n) is 8.34. The Labute approximate surface area is 114 Å². The Bertz CT molecular complexity index is 248. The molecule has 1 N–H and O–H groups in total. The van der Waals surface area contributed by atoms with E-state index in [2.05, 4.69) is 33.0 Å². The third-order valence-corrected chi connectivity index (χ3v) is 5.54. The highest BCUT2D eigenvalue weighted by Crippen LogP contribution is 2.34. The summed E-state index contributed by atoms with van der Waals surface area (Å²) in [6.45, 7) is 9.71. The average molecular weight is 251 g/mol. The van der Waals surface area contributed by atoms with Crippen molar-refractivity contribution in [1.82, 2.24) is 5.32 Å². The quantitative estimate of drug-likeness (QED) is 0.772. The SMILES string of the molecule is CC1CCC(NC2CCCCC2C(C)C)C(C)C1. The standard InChI is InChI=1S/C17H33N/c1-12(2)15-7-5-6-8-17(15)18-16-10-9-13(3)11-14(16)4/h12-18H,5-11H2,1-4H3. The van der Waals surface area contributed by atoms with Crippen LogP contribution in [-0.4, -0.2) is 12.1 Å². The van der Waals surface area contributed by atoms with Crippen molar-refractivity contribution < 1.29 is 0 Å². The Morgan fingerprint density at radius 3 is 2.28 bits per heavy atom. The van der Waals surface area contributed by atoms with Crippen molar-refractivity contribution in [3.63, 3.8) is 0 Å². The molecule has 106 valence electrons. The topological polar surface area (TPSA) is 12.0 Å². The van der Waals surface area contributed by atoms with E-state index in [0.717, 1.165) is 35.8 Å². The molecular formula is C17H33N. The maximum Gasteiger partial charge on any atom is 0.0100 e. The van der Waals surface area contributed by atoms with E-state index >= 15 is 0 Å². The van der Waals surface area contributed by atoms with Gasteiger partial charge in [-0.1, -0.05) is 40.5 Å². The molecule has 2 saturated carbocycles. The molecule has 0 heterocycles. The molecule has 5 atom stereocenters. The Kier molecular flexibility index (Phi) is 5.12. The second-order valence-corrected chi connectivity index (χ2v) is 7.47. The highest BCUT2D eigenvalue weighted by molar-refractivity contribution is 4.89. The Morgan fingerprint density at radius 2 is 1.61 bits per heavy atom. The number of rotatable bonds is 3. The zero-order valence-corrected chi connectivity index (χ0v) is 12.9. The van der Waals surface area contributed by atoms with E-state index < -0.39 is 0 Å². The van der Waals surface area contributed by atoms with E-state index in [1.54, 1.807) is 0 Å². The van der Waals surface area contributed by atoms with Gasteiger partial charge in [0.2, 0.25) is 0 Å². The van der Waals surface area contributed by atoms with E-state index in [1.165, 1.54) is 44.9 Å². The van der Waals surface area contributed by atoms with Crippen LogP contribution in [0.1, 0.15) is 72.6 Å². The highest BCUT2D eigenvalue weighted by atomic mass is 15.0. The van der Waals surface area contributed by atoms with Crippen molar-refractivity contribution in [1.29, 1.82) is 0 Å². The van der Waals surface area contributed by atoms with Crippen molar-refractivity contribution in [3.8, 4) is 0 Å². The van der Waals surface area contributed by atoms with Crippen LogP contribution >= 0.6 is 0 Å². The minimum Gasteiger partial charge on any atom is -0.311 e. The van der Waals surface area contributed by atoms with Crippen LogP contribution in [0.3, 0.4) is 0 Å². The minimum absolute atomic E-state index is 0.797. The second-order valence-electron chi connectivity index (χ2n) is 7.47. The van der Waals surface area contributed by atoms with Crippen LogP contribution in [0.5, 0.6) is 0 Å². The monoisotopic (exact) mass is 251 g/mol. The molecule has 5 unspecified atom stereocenters. The zero-order valence-electron chi connectivity index (χ0n) is 12.9. The Morgan fingerprint density at radius 1 is 0.889 bits per heavy atom. The lowest BCUT2D eigenvalue weighted by Crippen LogP contribution is -2.49. The molecular weight excluding hydrogens is 218 g/mol. The van der Waals surface area contributed by atoms with Crippen molar-refractivity contribution >= 4 is 0 Å². The molecule has 1 nitrogen and oxygen atoms in total. The molecule has 18 heavy (non-hydrogen) atoms. The van der Waals surface area contributed by atoms with Gasteiger partial charge in [-0.3, -0.25) is 0 Å². The fourth-order valence-corrected chi connectivity index (χ4v) is 4.35. The van der Waals surface area contributed by atoms with E-state index in [4.69, 9.17) is 0 Å². The normalized spacial score (nSPS) is 42.2. The van der Waals surface area contributed by atoms with Gasteiger partial charge in [-0.25, -0.2) is 0 Å². The summed E-state index contributed by atoms with van der Waals surface area (Å²) in [7, 11) is 0. The molecule has 2 aliphatic rings. The average Bonchev–Trinajstić information content (AvgIpc) is 2.33. The first kappa shape index (κ1) is 14.4. The molecule has 0 bridgehead atoms. The summed E-state index contributed by atoms with van der Waals surface area (Å²) in [5, 5.41) is 4.06. The molecule has 0 aliphatic heterocycles. The summed E-state index contributed by atoms with van der Waals surface area (Å²) in [5.41, 5.74) is 0. The van der Waals surface area contributed by atoms with Crippen LogP contribution in [0.15, 0.2) is 0 Å². The summed E-state index contributed by atoms with van der Waals surface area (Å²) in [6.07, 6.45) is 10.0. The van der Waals surface area contributed by atoms with Crippen LogP contribution in [0.4, 0.5) is 0 Å². The van der Waals surface area contributed by atoms with Gasteiger partial charge in [0.1, 0.15) is 0 Å². The second kappa shape index (κ2) is 6.41. The Balaban J connectivity index is 1.90. The minimum atomic E-state index is 0.797. The van der Waals surface area contributed by atoms with Crippen LogP contribution in [0.25, 0.3) is 0 Å². The third kappa shape index (κ3) is 3.50. The molecule has 2 fully saturated rings. The molecule has 2 aliphatic carbocycles. The smallest absolute Gasteiger partial charge is 0.0100 e. The van der Waals surface area contributed by atoms with Gasteiger partial charge in [-0.2, -0.15) is 0 Å². The van der Waals surface area contributed by atoms with Gasteiger partial charge in [0, 0.05) is 12.1 Å². The Hall–Kier alpha value is -0.0400. The fourth-order valence-electron chi connectivity index (χ4n) is 4.35. The van der Waals surface area contributed by atoms with Gasteiger partial charge < -0.3 is 5.32 Å². The molecule has 0 aromatic rings. The number of hydrogen-bond donors (Lipinski definition) is 1. The lowest BCUT2D eigenvalue weighted by molar-refractivity contribution is 0.148. The lowest BCUT2D eigenvalue weighted by atomic mass is 9.75. The summed E-state index contributed by atoms with van der Waals surface area (Å²) in [5.74, 6) is 3.60. The van der Waals surface area contributed by atoms with Crippen LogP contribution < -0.4 is 5.32 Å². The maximum atomic E-state index is 4.06. The predicted molar refractivity (Wildman–Crippen MR) is 79.7 cm³/mol. The van der Waals surface area contributed by atoms with E-state index in [1.807, 2.05) is 0 Å². The summed E-state index contributed by atoms with van der Waals surface area (Å²) >= 11 is 0. The third-order valence-electron chi connectivity index (χ3n) is 5.54. The first-order valence-corrected chi connectivity index (χ1v) is 8.34. The summed E-state index contributed by atoms with van der Waals surface area (Å²) < 4.78 is 0. The van der Waals surface area contributed by atoms with E-state index in [0.29, 0.717) is 0 Å². The molecule has 0 saturated heterocycles. The van der Waals surface area contributed by atoms with Crippen molar-refractivity contribution in [2.75, 3.05) is 0 Å². The fraction of sp³-hybridized carbons (Fsp3) is 1.00. The predicted octanol–water partition coefficient (Wildman–Crippen LogP) is 4.62. The van der Waals surface area contributed by atoms with Crippen molar-refractivity contribution in [2.45, 2.75) is 84.7 Å². The number of hydrogen-bond acceptors (Lipinski definition) is 1. The van der Waals surface area contributed by atoms with E-state index in [-0.39, 0.29) is 0 Å². The maximum absolute atomic E-state index is 4.06. The largest absolute Gasteiger partial charge is 0.311 e. The zero-order chi connectivity index (χ0) is 13.1. The first-order chi connectivity index (χ1) is 8.58. The van der Waals surface area contributed by atoms with Crippen molar-refractivity contribution in [2.24, 2.45) is 23.7 Å². The summed E-state index contributed by atoms with van der Waals surface area (Å²) in [6, 6.07) is 1.60. The van der Waals surface area contributed by atoms with Crippen LogP contribution in [0, 0.1) is 23.7 Å². The van der Waals surface area contributed by atoms with Crippen molar-refractivity contribution in [3.05, 3.63) is 0 Å². The number of nitrogens with one attached hydrogen (secondary N) is 1. The molecule has 0 amide bonds.